The van der Waals surface area contributed by atoms with Crippen LogP contribution in [0.1, 0.15) is 27.0 Å². The number of benzene rings is 1. The number of aryl methyl sites for hydroxylation is 3. The molecule has 2 aromatic heterocycles. The van der Waals surface area contributed by atoms with E-state index in [1.54, 1.807) is 6.20 Å². The van der Waals surface area contributed by atoms with Gasteiger partial charge in [-0.1, -0.05) is 17.7 Å². The fourth-order valence-electron chi connectivity index (χ4n) is 2.88. The topological polar surface area (TPSA) is 46.9 Å². The second-order valence-electron chi connectivity index (χ2n) is 5.96. The zero-order chi connectivity index (χ0) is 16.4. The van der Waals surface area contributed by atoms with Gasteiger partial charge in [0.1, 0.15) is 5.65 Å². The van der Waals surface area contributed by atoms with Gasteiger partial charge in [-0.3, -0.25) is 4.79 Å². The zero-order valence-corrected chi connectivity index (χ0v) is 13.8. The Bertz CT molecular complexity index is 864. The minimum absolute atomic E-state index is 0.00967. The van der Waals surface area contributed by atoms with Gasteiger partial charge in [0, 0.05) is 36.9 Å². The molecule has 118 valence electrons. The van der Waals surface area contributed by atoms with Crippen molar-refractivity contribution in [2.75, 3.05) is 6.54 Å². The molecule has 0 atom stereocenters. The van der Waals surface area contributed by atoms with Crippen LogP contribution in [0.2, 0.25) is 0 Å². The van der Waals surface area contributed by atoms with Crippen molar-refractivity contribution in [2.24, 2.45) is 7.05 Å². The molecule has 4 nitrogen and oxygen atoms in total. The molecule has 0 fully saturated rings. The van der Waals surface area contributed by atoms with Gasteiger partial charge >= 0.3 is 0 Å². The normalized spacial score (nSPS) is 10.9. The molecule has 1 N–H and O–H groups in total. The summed E-state index contributed by atoms with van der Waals surface area (Å²) in [5.74, 6) is -0.00967. The Morgan fingerprint density at radius 3 is 2.91 bits per heavy atom. The van der Waals surface area contributed by atoms with E-state index in [-0.39, 0.29) is 5.91 Å². The highest BCUT2D eigenvalue weighted by Crippen LogP contribution is 2.18. The summed E-state index contributed by atoms with van der Waals surface area (Å²) in [6.07, 6.45) is 4.68. The van der Waals surface area contributed by atoms with Crippen LogP contribution in [0.4, 0.5) is 0 Å². The van der Waals surface area contributed by atoms with Gasteiger partial charge in [-0.25, -0.2) is 4.98 Å². The molecular formula is C19H21N3O. The van der Waals surface area contributed by atoms with E-state index in [2.05, 4.69) is 22.6 Å². The lowest BCUT2D eigenvalue weighted by molar-refractivity contribution is 0.0953. The SMILES string of the molecule is Cc1ccc(C)c(C(=O)NCCc2cn(C)c3ncccc23)c1. The summed E-state index contributed by atoms with van der Waals surface area (Å²) in [7, 11) is 1.99. The number of aromatic nitrogens is 2. The molecule has 1 aromatic carbocycles. The van der Waals surface area contributed by atoms with Crippen molar-refractivity contribution in [3.05, 3.63) is 65.0 Å². The number of hydrogen-bond donors (Lipinski definition) is 1. The minimum Gasteiger partial charge on any atom is -0.352 e. The average Bonchev–Trinajstić information content (AvgIpc) is 2.86. The van der Waals surface area contributed by atoms with Crippen LogP contribution in [-0.4, -0.2) is 22.0 Å². The summed E-state index contributed by atoms with van der Waals surface area (Å²) in [6.45, 7) is 4.57. The quantitative estimate of drug-likeness (QED) is 0.805. The maximum Gasteiger partial charge on any atom is 0.251 e. The number of carbonyl (C=O) groups excluding carboxylic acids is 1. The van der Waals surface area contributed by atoms with E-state index >= 15 is 0 Å². The fraction of sp³-hybridized carbons (Fsp3) is 0.263. The standard InChI is InChI=1S/C19H21N3O/c1-13-6-7-14(2)17(11-13)19(23)21-10-8-15-12-22(3)18-16(15)5-4-9-20-18/h4-7,9,11-12H,8,10H2,1-3H3,(H,21,23). The molecule has 3 rings (SSSR count). The largest absolute Gasteiger partial charge is 0.352 e. The lowest BCUT2D eigenvalue weighted by atomic mass is 10.0. The van der Waals surface area contributed by atoms with E-state index < -0.39 is 0 Å². The Morgan fingerprint density at radius 1 is 1.26 bits per heavy atom. The summed E-state index contributed by atoms with van der Waals surface area (Å²) in [4.78, 5) is 16.7. The number of nitrogens with one attached hydrogen (secondary N) is 1. The van der Waals surface area contributed by atoms with Gasteiger partial charge in [-0.05, 0) is 49.6 Å². The Kier molecular flexibility index (Phi) is 4.15. The van der Waals surface area contributed by atoms with Gasteiger partial charge < -0.3 is 9.88 Å². The predicted molar refractivity (Wildman–Crippen MR) is 92.7 cm³/mol. The van der Waals surface area contributed by atoms with E-state index in [0.29, 0.717) is 6.54 Å². The average molecular weight is 307 g/mol. The molecule has 23 heavy (non-hydrogen) atoms. The number of amides is 1. The third-order valence-electron chi connectivity index (χ3n) is 4.13. The van der Waals surface area contributed by atoms with Crippen LogP contribution in [0.5, 0.6) is 0 Å². The molecule has 0 bridgehead atoms. The second kappa shape index (κ2) is 6.24. The maximum atomic E-state index is 12.3. The fourth-order valence-corrected chi connectivity index (χ4v) is 2.88. The summed E-state index contributed by atoms with van der Waals surface area (Å²) in [5.41, 5.74) is 5.04. The van der Waals surface area contributed by atoms with Crippen LogP contribution in [-0.2, 0) is 13.5 Å². The molecule has 0 saturated heterocycles. The number of pyridine rings is 1. The predicted octanol–water partition coefficient (Wildman–Crippen LogP) is 3.16. The summed E-state index contributed by atoms with van der Waals surface area (Å²) in [5, 5.41) is 4.17. The van der Waals surface area contributed by atoms with Crippen molar-refractivity contribution < 1.29 is 4.79 Å². The van der Waals surface area contributed by atoms with Crippen LogP contribution in [0.15, 0.2) is 42.7 Å². The summed E-state index contributed by atoms with van der Waals surface area (Å²) < 4.78 is 2.02. The van der Waals surface area contributed by atoms with Gasteiger partial charge in [0.2, 0.25) is 0 Å². The van der Waals surface area contributed by atoms with Crippen LogP contribution < -0.4 is 5.32 Å². The number of carbonyl (C=O) groups is 1. The van der Waals surface area contributed by atoms with Crippen LogP contribution in [0.25, 0.3) is 11.0 Å². The molecule has 2 heterocycles. The molecule has 0 aliphatic carbocycles. The van der Waals surface area contributed by atoms with Gasteiger partial charge in [-0.15, -0.1) is 0 Å². The molecule has 0 aliphatic rings. The summed E-state index contributed by atoms with van der Waals surface area (Å²) in [6, 6.07) is 9.97. The Morgan fingerprint density at radius 2 is 2.09 bits per heavy atom. The molecule has 3 aromatic rings. The first-order chi connectivity index (χ1) is 11.1. The number of rotatable bonds is 4. The smallest absolute Gasteiger partial charge is 0.251 e. The van der Waals surface area contributed by atoms with Crippen LogP contribution in [0, 0.1) is 13.8 Å². The molecule has 0 spiro atoms. The van der Waals surface area contributed by atoms with Gasteiger partial charge in [0.15, 0.2) is 0 Å². The molecule has 1 amide bonds. The van der Waals surface area contributed by atoms with Crippen molar-refractivity contribution in [1.29, 1.82) is 0 Å². The van der Waals surface area contributed by atoms with Crippen LogP contribution >= 0.6 is 0 Å². The van der Waals surface area contributed by atoms with Gasteiger partial charge in [-0.2, -0.15) is 0 Å². The van der Waals surface area contributed by atoms with E-state index in [0.717, 1.165) is 34.1 Å². The third kappa shape index (κ3) is 3.11. The maximum absolute atomic E-state index is 12.3. The number of nitrogens with zero attached hydrogens (tertiary/aromatic N) is 2. The zero-order valence-electron chi connectivity index (χ0n) is 13.8. The molecule has 4 heteroatoms. The number of fused-ring (bicyclic) bond motifs is 1. The molecule has 0 saturated carbocycles. The monoisotopic (exact) mass is 307 g/mol. The van der Waals surface area contributed by atoms with E-state index in [9.17, 15) is 4.79 Å². The van der Waals surface area contributed by atoms with Crippen molar-refractivity contribution in [3.63, 3.8) is 0 Å². The Hall–Kier alpha value is -2.62. The molecular weight excluding hydrogens is 286 g/mol. The van der Waals surface area contributed by atoms with E-state index in [4.69, 9.17) is 0 Å². The highest BCUT2D eigenvalue weighted by Gasteiger charge is 2.10. The first-order valence-electron chi connectivity index (χ1n) is 7.80. The van der Waals surface area contributed by atoms with Gasteiger partial charge in [0.05, 0.1) is 0 Å². The van der Waals surface area contributed by atoms with Crippen LogP contribution in [0.3, 0.4) is 0 Å². The first kappa shape index (κ1) is 15.3. The minimum atomic E-state index is -0.00967. The lowest BCUT2D eigenvalue weighted by Crippen LogP contribution is -2.26. The lowest BCUT2D eigenvalue weighted by Gasteiger charge is -2.08. The highest BCUT2D eigenvalue weighted by molar-refractivity contribution is 5.95. The van der Waals surface area contributed by atoms with E-state index in [1.165, 1.54) is 5.56 Å². The second-order valence-corrected chi connectivity index (χ2v) is 5.96. The number of hydrogen-bond acceptors (Lipinski definition) is 2. The Labute approximate surface area is 136 Å². The summed E-state index contributed by atoms with van der Waals surface area (Å²) >= 11 is 0. The van der Waals surface area contributed by atoms with Crippen molar-refractivity contribution in [1.82, 2.24) is 14.9 Å². The van der Waals surface area contributed by atoms with Crippen molar-refractivity contribution in [2.45, 2.75) is 20.3 Å². The highest BCUT2D eigenvalue weighted by atomic mass is 16.1. The molecule has 0 radical (unpaired) electrons. The van der Waals surface area contributed by atoms with Gasteiger partial charge in [0.25, 0.3) is 5.91 Å². The Balaban J connectivity index is 1.69. The van der Waals surface area contributed by atoms with Crippen molar-refractivity contribution in [3.8, 4) is 0 Å². The van der Waals surface area contributed by atoms with E-state index in [1.807, 2.05) is 49.7 Å². The first-order valence-corrected chi connectivity index (χ1v) is 7.80. The molecule has 0 aliphatic heterocycles. The molecule has 0 unspecified atom stereocenters. The third-order valence-corrected chi connectivity index (χ3v) is 4.13. The van der Waals surface area contributed by atoms with Crippen molar-refractivity contribution >= 4 is 16.9 Å².